The van der Waals surface area contributed by atoms with Gasteiger partial charge in [0.1, 0.15) is 0 Å². The molecule has 0 radical (unpaired) electrons. The van der Waals surface area contributed by atoms with Gasteiger partial charge in [-0.3, -0.25) is 10.1 Å². The number of fused-ring (bicyclic) bond motifs is 1. The summed E-state index contributed by atoms with van der Waals surface area (Å²) >= 11 is 1.72. The molecule has 0 aromatic carbocycles. The van der Waals surface area contributed by atoms with Gasteiger partial charge in [-0.2, -0.15) is 0 Å². The van der Waals surface area contributed by atoms with Crippen LogP contribution in [0.3, 0.4) is 0 Å². The molecule has 23 heavy (non-hydrogen) atoms. The lowest BCUT2D eigenvalue weighted by atomic mass is 10.1. The molecule has 2 atom stereocenters. The van der Waals surface area contributed by atoms with Gasteiger partial charge in [-0.1, -0.05) is 51.3 Å². The van der Waals surface area contributed by atoms with Crippen LogP contribution in [-0.4, -0.2) is 58.5 Å². The molecular weight excluding hydrogens is 312 g/mol. The Labute approximate surface area is 143 Å². The highest BCUT2D eigenvalue weighted by atomic mass is 32.2. The molecule has 1 fully saturated rings. The molecule has 0 bridgehead atoms. The molecule has 0 aliphatic carbocycles. The second-order valence-electron chi connectivity index (χ2n) is 6.13. The zero-order chi connectivity index (χ0) is 16.8. The van der Waals surface area contributed by atoms with E-state index in [0.717, 1.165) is 36.7 Å². The van der Waals surface area contributed by atoms with Gasteiger partial charge in [0.15, 0.2) is 17.4 Å². The molecule has 3 amide bonds. The van der Waals surface area contributed by atoms with Gasteiger partial charge >= 0.3 is 6.03 Å². The zero-order valence-corrected chi connectivity index (χ0v) is 15.2. The van der Waals surface area contributed by atoms with Crippen molar-refractivity contribution in [1.29, 1.82) is 0 Å². The van der Waals surface area contributed by atoms with E-state index in [0.29, 0.717) is 0 Å². The second-order valence-corrected chi connectivity index (χ2v) is 7.19. The van der Waals surface area contributed by atoms with E-state index in [9.17, 15) is 9.59 Å². The van der Waals surface area contributed by atoms with Crippen molar-refractivity contribution in [1.82, 2.24) is 15.1 Å². The van der Waals surface area contributed by atoms with Crippen molar-refractivity contribution < 1.29 is 9.59 Å². The summed E-state index contributed by atoms with van der Waals surface area (Å²) in [5.74, 6) is 0.791. The van der Waals surface area contributed by atoms with Crippen molar-refractivity contribution in [3.63, 3.8) is 0 Å². The molecule has 1 saturated heterocycles. The zero-order valence-electron chi connectivity index (χ0n) is 14.4. The average molecular weight is 340 g/mol. The van der Waals surface area contributed by atoms with E-state index < -0.39 is 0 Å². The Hall–Kier alpha value is -1.24. The van der Waals surface area contributed by atoms with Gasteiger partial charge in [0, 0.05) is 19.3 Å². The third-order valence-corrected chi connectivity index (χ3v) is 5.40. The number of urea groups is 1. The van der Waals surface area contributed by atoms with E-state index in [4.69, 9.17) is 4.99 Å². The third kappa shape index (κ3) is 4.19. The number of thioether (sulfide) groups is 1. The number of unbranched alkanes of at least 4 members (excludes halogenated alkanes) is 4. The molecular formula is C16H28N4O2S. The molecule has 2 aliphatic rings. The molecule has 0 aromatic rings. The Bertz CT molecular complexity index is 469. The van der Waals surface area contributed by atoms with Crippen LogP contribution in [0.25, 0.3) is 0 Å². The summed E-state index contributed by atoms with van der Waals surface area (Å²) in [6.45, 7) is 5.16. The lowest BCUT2D eigenvalue weighted by Crippen LogP contribution is -2.63. The third-order valence-electron chi connectivity index (χ3n) is 4.30. The number of rotatable bonds is 8. The van der Waals surface area contributed by atoms with Gasteiger partial charge < -0.3 is 9.80 Å². The number of imide groups is 1. The Morgan fingerprint density at radius 2 is 1.87 bits per heavy atom. The fourth-order valence-electron chi connectivity index (χ4n) is 2.88. The predicted octanol–water partition coefficient (Wildman–Crippen LogP) is 2.65. The number of likely N-dealkylation sites (N-methyl/N-ethyl adjacent to an activating group) is 1. The minimum atomic E-state index is -0.383. The topological polar surface area (TPSA) is 65.0 Å². The molecule has 0 spiro atoms. The number of nitrogens with one attached hydrogen (secondary N) is 1. The van der Waals surface area contributed by atoms with Crippen LogP contribution >= 0.6 is 11.8 Å². The summed E-state index contributed by atoms with van der Waals surface area (Å²) in [4.78, 5) is 32.4. The first kappa shape index (κ1) is 18.1. The number of carbonyl (C=O) groups excluding carboxylic acids is 2. The normalized spacial score (nSPS) is 23.9. The monoisotopic (exact) mass is 340 g/mol. The summed E-state index contributed by atoms with van der Waals surface area (Å²) in [6, 6.07) is -0.730. The van der Waals surface area contributed by atoms with Crippen LogP contribution in [0.1, 0.15) is 52.4 Å². The molecule has 2 unspecified atom stereocenters. The van der Waals surface area contributed by atoms with E-state index >= 15 is 0 Å². The maximum Gasteiger partial charge on any atom is 0.325 e. The van der Waals surface area contributed by atoms with Crippen LogP contribution in [0.15, 0.2) is 4.99 Å². The smallest absolute Gasteiger partial charge is 0.325 e. The second kappa shape index (κ2) is 8.57. The first-order chi connectivity index (χ1) is 11.1. The van der Waals surface area contributed by atoms with Crippen LogP contribution in [0.2, 0.25) is 0 Å². The number of hydrogen-bond acceptors (Lipinski definition) is 5. The van der Waals surface area contributed by atoms with Crippen LogP contribution in [0, 0.1) is 0 Å². The molecule has 6 nitrogen and oxygen atoms in total. The highest BCUT2D eigenvalue weighted by molar-refractivity contribution is 8.13. The Balaban J connectivity index is 2.04. The van der Waals surface area contributed by atoms with Gasteiger partial charge in [-0.05, 0) is 12.8 Å². The highest BCUT2D eigenvalue weighted by Crippen LogP contribution is 2.29. The summed E-state index contributed by atoms with van der Waals surface area (Å²) in [5.41, 5.74) is 0. The molecule has 0 saturated carbocycles. The number of nitrogens with zero attached hydrogens (tertiary/aromatic N) is 3. The largest absolute Gasteiger partial charge is 0.336 e. The molecule has 2 heterocycles. The maximum atomic E-state index is 12.3. The van der Waals surface area contributed by atoms with Crippen LogP contribution in [-0.2, 0) is 4.79 Å². The van der Waals surface area contributed by atoms with Crippen molar-refractivity contribution in [3.8, 4) is 0 Å². The number of hydrogen-bond donors (Lipinski definition) is 1. The molecule has 0 aromatic heterocycles. The fourth-order valence-corrected chi connectivity index (χ4v) is 3.96. The average Bonchev–Trinajstić information content (AvgIpc) is 2.89. The first-order valence-corrected chi connectivity index (χ1v) is 9.63. The number of amides is 3. The minimum Gasteiger partial charge on any atom is -0.336 e. The molecule has 7 heteroatoms. The Morgan fingerprint density at radius 3 is 2.57 bits per heavy atom. The van der Waals surface area contributed by atoms with Crippen LogP contribution in [0.4, 0.5) is 4.79 Å². The maximum absolute atomic E-state index is 12.3. The van der Waals surface area contributed by atoms with Gasteiger partial charge in [-0.25, -0.2) is 9.79 Å². The SMILES string of the molecule is CCCCCCSC1=NC2C(C(=O)NC(=O)N2C)N1CCCC. The van der Waals surface area contributed by atoms with E-state index in [2.05, 4.69) is 24.1 Å². The summed E-state index contributed by atoms with van der Waals surface area (Å²) in [6.07, 6.45) is 6.59. The lowest BCUT2D eigenvalue weighted by molar-refractivity contribution is -0.127. The van der Waals surface area contributed by atoms with Gasteiger partial charge in [0.25, 0.3) is 5.91 Å². The van der Waals surface area contributed by atoms with Crippen LogP contribution < -0.4 is 5.32 Å². The molecule has 130 valence electrons. The van der Waals surface area contributed by atoms with Crippen molar-refractivity contribution in [2.45, 2.75) is 64.6 Å². The summed E-state index contributed by atoms with van der Waals surface area (Å²) < 4.78 is 0. The molecule has 2 rings (SSSR count). The van der Waals surface area contributed by atoms with E-state index in [1.54, 1.807) is 18.8 Å². The lowest BCUT2D eigenvalue weighted by Gasteiger charge is -2.36. The number of aliphatic imine (C=N–C) groups is 1. The van der Waals surface area contributed by atoms with Gasteiger partial charge in [0.05, 0.1) is 0 Å². The van der Waals surface area contributed by atoms with Crippen molar-refractivity contribution in [2.24, 2.45) is 4.99 Å². The van der Waals surface area contributed by atoms with E-state index in [1.165, 1.54) is 24.2 Å². The van der Waals surface area contributed by atoms with E-state index in [1.807, 2.05) is 0 Å². The summed E-state index contributed by atoms with van der Waals surface area (Å²) in [7, 11) is 1.70. The van der Waals surface area contributed by atoms with Gasteiger partial charge in [-0.15, -0.1) is 0 Å². The molecule has 1 N–H and O–H groups in total. The van der Waals surface area contributed by atoms with Gasteiger partial charge in [0.2, 0.25) is 0 Å². The predicted molar refractivity (Wildman–Crippen MR) is 94.5 cm³/mol. The highest BCUT2D eigenvalue weighted by Gasteiger charge is 2.48. The fraction of sp³-hybridized carbons (Fsp3) is 0.812. The molecule has 2 aliphatic heterocycles. The Morgan fingerprint density at radius 1 is 1.13 bits per heavy atom. The minimum absolute atomic E-state index is 0.223. The van der Waals surface area contributed by atoms with Crippen LogP contribution in [0.5, 0.6) is 0 Å². The first-order valence-electron chi connectivity index (χ1n) is 8.65. The Kier molecular flexibility index (Phi) is 6.74. The van der Waals surface area contributed by atoms with E-state index in [-0.39, 0.29) is 24.1 Å². The number of carbonyl (C=O) groups is 2. The number of amidine groups is 1. The van der Waals surface area contributed by atoms with Crippen molar-refractivity contribution >= 4 is 28.9 Å². The summed E-state index contributed by atoms with van der Waals surface area (Å²) in [5, 5.41) is 3.35. The van der Waals surface area contributed by atoms with Crippen molar-refractivity contribution in [2.75, 3.05) is 19.3 Å². The van der Waals surface area contributed by atoms with Crippen molar-refractivity contribution in [3.05, 3.63) is 0 Å². The quantitative estimate of drug-likeness (QED) is 0.690. The standard InChI is InChI=1S/C16H28N4O2S/c1-4-6-8-9-11-23-16-17-13-12(20(16)10-7-5-2)14(21)18-15(22)19(13)3/h12-13H,4-11H2,1-3H3,(H,18,21,22).